The Morgan fingerprint density at radius 3 is 2.26 bits per heavy atom. The van der Waals surface area contributed by atoms with E-state index in [0.29, 0.717) is 12.1 Å². The fourth-order valence-corrected chi connectivity index (χ4v) is 3.84. The summed E-state index contributed by atoms with van der Waals surface area (Å²) in [6.45, 7) is 4.52. The van der Waals surface area contributed by atoms with Crippen LogP contribution in [0.3, 0.4) is 0 Å². The van der Waals surface area contributed by atoms with E-state index >= 15 is 0 Å². The largest absolute Gasteiger partial charge is 0.497 e. The second kappa shape index (κ2) is 11.8. The lowest BCUT2D eigenvalue weighted by Gasteiger charge is -2.11. The Bertz CT molecular complexity index is 1450. The number of rotatable bonds is 6. The minimum atomic E-state index is -5.08. The molecule has 4 rings (SSSR count). The summed E-state index contributed by atoms with van der Waals surface area (Å²) in [5.74, 6) is -2.04. The van der Waals surface area contributed by atoms with Crippen molar-refractivity contribution in [2.75, 3.05) is 13.7 Å². The van der Waals surface area contributed by atoms with Crippen LogP contribution in [0.1, 0.15) is 27.3 Å². The van der Waals surface area contributed by atoms with Crippen molar-refractivity contribution in [1.82, 2.24) is 20.1 Å². The predicted octanol–water partition coefficient (Wildman–Crippen LogP) is 4.87. The molecule has 0 aliphatic carbocycles. The van der Waals surface area contributed by atoms with E-state index in [4.69, 9.17) is 19.6 Å². The molecule has 2 aromatic heterocycles. The number of ether oxygens (including phenoxy) is 1. The first-order chi connectivity index (χ1) is 17.9. The number of aryl methyl sites for hydroxylation is 2. The van der Waals surface area contributed by atoms with Gasteiger partial charge in [-0.15, -0.1) is 0 Å². The maximum atomic E-state index is 13.1. The number of aliphatic carboxylic acids is 1. The number of carbonyl (C=O) groups is 2. The molecule has 0 unspecified atom stereocenters. The highest BCUT2D eigenvalue weighted by Gasteiger charge is 2.38. The summed E-state index contributed by atoms with van der Waals surface area (Å²) < 4.78 is 38.8. The zero-order valence-corrected chi connectivity index (χ0v) is 21.3. The number of hydrogen-bond acceptors (Lipinski definition) is 5. The summed E-state index contributed by atoms with van der Waals surface area (Å²) in [6.07, 6.45) is -4.34. The van der Waals surface area contributed by atoms with Crippen LogP contribution in [0.15, 0.2) is 54.6 Å². The lowest BCUT2D eigenvalue weighted by Crippen LogP contribution is -2.26. The van der Waals surface area contributed by atoms with Crippen molar-refractivity contribution in [1.29, 1.82) is 0 Å². The number of aromatic nitrogens is 3. The quantitative estimate of drug-likeness (QED) is 0.370. The molecule has 38 heavy (non-hydrogen) atoms. The highest BCUT2D eigenvalue weighted by molar-refractivity contribution is 6.07. The molecule has 11 heteroatoms. The van der Waals surface area contributed by atoms with Gasteiger partial charge in [0, 0.05) is 30.2 Å². The number of fused-ring (bicyclic) bond motifs is 1. The Balaban J connectivity index is 0.000000505. The SMILES string of the molecule is COc1ccc(CCNC(=O)c2cc(-c3c(C)nn(C)c3C)nc3ccccc23)cc1.O=C(O)C(F)(F)F. The van der Waals surface area contributed by atoms with Crippen LogP contribution >= 0.6 is 0 Å². The van der Waals surface area contributed by atoms with Gasteiger partial charge in [-0.25, -0.2) is 9.78 Å². The van der Waals surface area contributed by atoms with Gasteiger partial charge in [0.05, 0.1) is 29.6 Å². The topological polar surface area (TPSA) is 106 Å². The minimum Gasteiger partial charge on any atom is -0.497 e. The molecule has 8 nitrogen and oxygen atoms in total. The van der Waals surface area contributed by atoms with Crippen LogP contribution in [-0.2, 0) is 18.3 Å². The fourth-order valence-electron chi connectivity index (χ4n) is 3.84. The minimum absolute atomic E-state index is 0.104. The molecule has 4 aromatic rings. The zero-order chi connectivity index (χ0) is 28.0. The molecule has 0 atom stereocenters. The van der Waals surface area contributed by atoms with E-state index in [2.05, 4.69) is 10.4 Å². The van der Waals surface area contributed by atoms with Crippen LogP contribution in [0.25, 0.3) is 22.2 Å². The number of nitrogens with one attached hydrogen (secondary N) is 1. The number of pyridine rings is 1. The molecule has 2 heterocycles. The molecule has 1 amide bonds. The Morgan fingerprint density at radius 1 is 1.08 bits per heavy atom. The van der Waals surface area contributed by atoms with Crippen molar-refractivity contribution in [2.45, 2.75) is 26.4 Å². The third kappa shape index (κ3) is 6.67. The van der Waals surface area contributed by atoms with E-state index in [1.807, 2.05) is 80.2 Å². The summed E-state index contributed by atoms with van der Waals surface area (Å²) in [5.41, 5.74) is 6.21. The first-order valence-corrected chi connectivity index (χ1v) is 11.5. The summed E-state index contributed by atoms with van der Waals surface area (Å²) in [5, 5.41) is 15.5. The lowest BCUT2D eigenvalue weighted by atomic mass is 10.0. The third-order valence-electron chi connectivity index (χ3n) is 5.83. The monoisotopic (exact) mass is 528 g/mol. The molecule has 0 bridgehead atoms. The average Bonchev–Trinajstić information content (AvgIpc) is 3.14. The molecule has 0 radical (unpaired) electrons. The second-order valence-electron chi connectivity index (χ2n) is 8.40. The van der Waals surface area contributed by atoms with Gasteiger partial charge >= 0.3 is 12.1 Å². The summed E-state index contributed by atoms with van der Waals surface area (Å²) in [7, 11) is 3.57. The van der Waals surface area contributed by atoms with Crippen molar-refractivity contribution >= 4 is 22.8 Å². The highest BCUT2D eigenvalue weighted by atomic mass is 19.4. The normalized spacial score (nSPS) is 11.0. The molecular weight excluding hydrogens is 501 g/mol. The standard InChI is InChI=1S/C25H26N4O2.C2HF3O2/c1-16-24(17(2)29(3)28-16)23-15-21(20-7-5-6-8-22(20)27-23)25(30)26-14-13-18-9-11-19(31-4)12-10-18;3-2(4,5)1(6)7/h5-12,15H,13-14H2,1-4H3,(H,26,30);(H,6,7). The van der Waals surface area contributed by atoms with Gasteiger partial charge in [0.1, 0.15) is 5.75 Å². The summed E-state index contributed by atoms with van der Waals surface area (Å²) >= 11 is 0. The Morgan fingerprint density at radius 2 is 1.71 bits per heavy atom. The van der Waals surface area contributed by atoms with E-state index in [1.54, 1.807) is 7.11 Å². The van der Waals surface area contributed by atoms with Gasteiger partial charge < -0.3 is 15.2 Å². The van der Waals surface area contributed by atoms with Crippen LogP contribution in [-0.4, -0.2) is 51.6 Å². The number of halogens is 3. The number of nitrogens with zero attached hydrogens (tertiary/aromatic N) is 3. The van der Waals surface area contributed by atoms with Crippen LogP contribution in [0.5, 0.6) is 5.75 Å². The van der Waals surface area contributed by atoms with Crippen molar-refractivity contribution in [3.63, 3.8) is 0 Å². The van der Waals surface area contributed by atoms with Crippen LogP contribution in [0, 0.1) is 13.8 Å². The molecule has 2 aromatic carbocycles. The molecule has 2 N–H and O–H groups in total. The molecule has 0 spiro atoms. The Kier molecular flexibility index (Phi) is 8.72. The van der Waals surface area contributed by atoms with E-state index in [0.717, 1.165) is 51.3 Å². The molecule has 200 valence electrons. The van der Waals surface area contributed by atoms with Crippen molar-refractivity contribution in [2.24, 2.45) is 7.05 Å². The smallest absolute Gasteiger partial charge is 0.490 e. The third-order valence-corrected chi connectivity index (χ3v) is 5.83. The Hall–Kier alpha value is -4.41. The summed E-state index contributed by atoms with van der Waals surface area (Å²) in [6, 6.07) is 17.5. The van der Waals surface area contributed by atoms with Gasteiger partial charge in [0.15, 0.2) is 0 Å². The van der Waals surface area contributed by atoms with Gasteiger partial charge in [-0.05, 0) is 50.1 Å². The molecule has 0 saturated heterocycles. The van der Waals surface area contributed by atoms with E-state index in [1.165, 1.54) is 0 Å². The maximum absolute atomic E-state index is 13.1. The van der Waals surface area contributed by atoms with Crippen molar-refractivity contribution < 1.29 is 32.6 Å². The lowest BCUT2D eigenvalue weighted by molar-refractivity contribution is -0.192. The average molecular weight is 529 g/mol. The van der Waals surface area contributed by atoms with Crippen LogP contribution in [0.2, 0.25) is 0 Å². The van der Waals surface area contributed by atoms with Gasteiger partial charge in [-0.3, -0.25) is 9.48 Å². The second-order valence-corrected chi connectivity index (χ2v) is 8.40. The molecule has 0 fully saturated rings. The predicted molar refractivity (Wildman–Crippen MR) is 136 cm³/mol. The van der Waals surface area contributed by atoms with Gasteiger partial charge in [0.25, 0.3) is 5.91 Å². The van der Waals surface area contributed by atoms with Crippen molar-refractivity contribution in [3.05, 3.63) is 77.1 Å². The number of para-hydroxylation sites is 1. The molecule has 0 aliphatic rings. The van der Waals surface area contributed by atoms with Gasteiger partial charge in [-0.1, -0.05) is 30.3 Å². The maximum Gasteiger partial charge on any atom is 0.490 e. The number of benzene rings is 2. The van der Waals surface area contributed by atoms with Gasteiger partial charge in [0.2, 0.25) is 0 Å². The number of carboxylic acid groups (broad SMARTS) is 1. The number of methoxy groups -OCH3 is 1. The zero-order valence-electron chi connectivity index (χ0n) is 21.3. The van der Waals surface area contributed by atoms with E-state index in [-0.39, 0.29) is 5.91 Å². The first-order valence-electron chi connectivity index (χ1n) is 11.5. The van der Waals surface area contributed by atoms with Crippen molar-refractivity contribution in [3.8, 4) is 17.0 Å². The number of hydrogen-bond donors (Lipinski definition) is 2. The number of carbonyl (C=O) groups excluding carboxylic acids is 1. The highest BCUT2D eigenvalue weighted by Crippen LogP contribution is 2.29. The Labute approximate surface area is 217 Å². The summed E-state index contributed by atoms with van der Waals surface area (Å²) in [4.78, 5) is 26.8. The number of carboxylic acids is 1. The first kappa shape index (κ1) is 28.2. The van der Waals surface area contributed by atoms with E-state index in [9.17, 15) is 18.0 Å². The van der Waals surface area contributed by atoms with E-state index < -0.39 is 12.1 Å². The van der Waals surface area contributed by atoms with Crippen LogP contribution in [0.4, 0.5) is 13.2 Å². The fraction of sp³-hybridized carbons (Fsp3) is 0.259. The van der Waals surface area contributed by atoms with Crippen LogP contribution < -0.4 is 10.1 Å². The number of alkyl halides is 3. The number of amides is 1. The molecule has 0 saturated carbocycles. The van der Waals surface area contributed by atoms with Gasteiger partial charge in [-0.2, -0.15) is 18.3 Å². The molecular formula is C27H27F3N4O4. The molecule has 0 aliphatic heterocycles.